The highest BCUT2D eigenvalue weighted by atomic mass is 32.2. The summed E-state index contributed by atoms with van der Waals surface area (Å²) in [6.07, 6.45) is 9.97. The van der Waals surface area contributed by atoms with Crippen molar-refractivity contribution in [1.29, 1.82) is 0 Å². The van der Waals surface area contributed by atoms with Crippen LogP contribution >= 0.6 is 11.8 Å². The van der Waals surface area contributed by atoms with Crippen LogP contribution in [0.15, 0.2) is 66.4 Å². The zero-order valence-electron chi connectivity index (χ0n) is 20.9. The number of thioether (sulfide) groups is 1. The predicted octanol–water partition coefficient (Wildman–Crippen LogP) is 6.38. The maximum atomic E-state index is 11.8. The Bertz CT molecular complexity index is 1200. The number of hydrogen-bond acceptors (Lipinski definition) is 3. The number of likely N-dealkylation sites (N-methyl/N-ethyl adjacent to an activating group) is 1. The fourth-order valence-corrected chi connectivity index (χ4v) is 5.73. The number of nitrogens with zero attached hydrogens (tertiary/aromatic N) is 2. The minimum atomic E-state index is -0.0985. The predicted molar refractivity (Wildman–Crippen MR) is 142 cm³/mol. The molecular formula is C29H35N2OS+. The highest BCUT2D eigenvalue weighted by molar-refractivity contribution is 8.13. The molecule has 2 aromatic rings. The van der Waals surface area contributed by atoms with E-state index in [-0.39, 0.29) is 15.9 Å². The molecule has 2 aliphatic rings. The van der Waals surface area contributed by atoms with E-state index in [1.54, 1.807) is 0 Å². The molecule has 0 saturated carbocycles. The number of anilines is 1. The van der Waals surface area contributed by atoms with E-state index >= 15 is 0 Å². The molecule has 0 N–H and O–H groups in total. The summed E-state index contributed by atoms with van der Waals surface area (Å²) in [6.45, 7) is 9.18. The second-order valence-electron chi connectivity index (χ2n) is 10.1. The Morgan fingerprint density at radius 1 is 1.06 bits per heavy atom. The Labute approximate surface area is 202 Å². The SMILES string of the molecule is CSC(=O)CCc1ccc2c(c1)C(C)(C)/C(=C\C=C\C1=[N+](C)c3ccccc3C1(C)C)N2C. The lowest BCUT2D eigenvalue weighted by Gasteiger charge is -2.24. The number of carbonyl (C=O) groups is 1. The third-order valence-electron chi connectivity index (χ3n) is 7.39. The van der Waals surface area contributed by atoms with Gasteiger partial charge in [0.2, 0.25) is 5.69 Å². The van der Waals surface area contributed by atoms with Crippen LogP contribution in [0, 0.1) is 0 Å². The first-order chi connectivity index (χ1) is 15.6. The van der Waals surface area contributed by atoms with Crippen molar-refractivity contribution in [1.82, 2.24) is 0 Å². The zero-order chi connectivity index (χ0) is 24.0. The van der Waals surface area contributed by atoms with E-state index in [1.165, 1.54) is 51.2 Å². The maximum Gasteiger partial charge on any atom is 0.209 e. The number of fused-ring (bicyclic) bond motifs is 2. The molecule has 0 unspecified atom stereocenters. The van der Waals surface area contributed by atoms with E-state index in [2.05, 4.69) is 112 Å². The average molecular weight is 460 g/mol. The summed E-state index contributed by atoms with van der Waals surface area (Å²) >= 11 is 1.32. The van der Waals surface area contributed by atoms with Crippen LogP contribution in [0.4, 0.5) is 11.4 Å². The highest BCUT2D eigenvalue weighted by Gasteiger charge is 2.42. The van der Waals surface area contributed by atoms with Crippen LogP contribution in [0.5, 0.6) is 0 Å². The lowest BCUT2D eigenvalue weighted by molar-refractivity contribution is -0.401. The van der Waals surface area contributed by atoms with Crippen molar-refractivity contribution in [2.45, 2.75) is 51.4 Å². The van der Waals surface area contributed by atoms with E-state index in [0.29, 0.717) is 6.42 Å². The molecule has 0 radical (unpaired) electrons. The smallest absolute Gasteiger partial charge is 0.209 e. The van der Waals surface area contributed by atoms with E-state index in [1.807, 2.05) is 6.26 Å². The topological polar surface area (TPSA) is 23.3 Å². The molecule has 4 rings (SSSR count). The number of carbonyl (C=O) groups excluding carboxylic acids is 1. The van der Waals surface area contributed by atoms with Crippen LogP contribution in [0.2, 0.25) is 0 Å². The number of aryl methyl sites for hydroxylation is 1. The van der Waals surface area contributed by atoms with Gasteiger partial charge in [0, 0.05) is 48.0 Å². The van der Waals surface area contributed by atoms with Crippen molar-refractivity contribution in [3.8, 4) is 0 Å². The Hall–Kier alpha value is -2.59. The van der Waals surface area contributed by atoms with Crippen LogP contribution in [0.1, 0.15) is 50.8 Å². The number of rotatable bonds is 5. The lowest BCUT2D eigenvalue weighted by atomic mass is 9.81. The molecule has 2 aliphatic heterocycles. The van der Waals surface area contributed by atoms with Crippen molar-refractivity contribution in [2.75, 3.05) is 25.3 Å². The Balaban J connectivity index is 1.62. The maximum absolute atomic E-state index is 11.8. The molecule has 0 fully saturated rings. The summed E-state index contributed by atoms with van der Waals surface area (Å²) in [5, 5.41) is 0.247. The molecule has 2 heterocycles. The molecule has 33 heavy (non-hydrogen) atoms. The first-order valence-electron chi connectivity index (χ1n) is 11.6. The van der Waals surface area contributed by atoms with Crippen LogP contribution in [0.3, 0.4) is 0 Å². The van der Waals surface area contributed by atoms with Gasteiger partial charge >= 0.3 is 0 Å². The third kappa shape index (κ3) is 3.99. The van der Waals surface area contributed by atoms with Gasteiger partial charge in [-0.15, -0.1) is 0 Å². The summed E-state index contributed by atoms with van der Waals surface area (Å²) in [7, 11) is 4.31. The summed E-state index contributed by atoms with van der Waals surface area (Å²) in [6, 6.07) is 15.3. The van der Waals surface area contributed by atoms with Crippen molar-refractivity contribution in [2.24, 2.45) is 0 Å². The quantitative estimate of drug-likeness (QED) is 0.485. The summed E-state index contributed by atoms with van der Waals surface area (Å²) in [4.78, 5) is 14.1. The molecule has 0 aliphatic carbocycles. The summed E-state index contributed by atoms with van der Waals surface area (Å²) in [5.41, 5.74) is 8.93. The third-order valence-corrected chi connectivity index (χ3v) is 8.05. The average Bonchev–Trinajstić information content (AvgIpc) is 3.11. The molecule has 0 saturated heterocycles. The molecule has 0 amide bonds. The molecule has 0 bridgehead atoms. The lowest BCUT2D eigenvalue weighted by Crippen LogP contribution is -2.26. The normalized spacial score (nSPS) is 19.5. The van der Waals surface area contributed by atoms with Gasteiger partial charge in [-0.1, -0.05) is 62.0 Å². The largest absolute Gasteiger partial charge is 0.347 e. The van der Waals surface area contributed by atoms with Gasteiger partial charge in [-0.25, -0.2) is 0 Å². The number of allylic oxidation sites excluding steroid dienone is 4. The van der Waals surface area contributed by atoms with Crippen LogP contribution in [-0.4, -0.2) is 35.8 Å². The van der Waals surface area contributed by atoms with Gasteiger partial charge in [-0.2, -0.15) is 4.58 Å². The van der Waals surface area contributed by atoms with E-state index < -0.39 is 0 Å². The summed E-state index contributed by atoms with van der Waals surface area (Å²) < 4.78 is 2.31. The van der Waals surface area contributed by atoms with Crippen LogP contribution in [-0.2, 0) is 22.0 Å². The molecule has 2 aromatic carbocycles. The van der Waals surface area contributed by atoms with Crippen molar-refractivity contribution >= 4 is 34.0 Å². The molecule has 0 atom stereocenters. The van der Waals surface area contributed by atoms with E-state index in [0.717, 1.165) is 6.42 Å². The molecule has 0 aromatic heterocycles. The van der Waals surface area contributed by atoms with Crippen molar-refractivity contribution in [3.63, 3.8) is 0 Å². The Morgan fingerprint density at radius 3 is 2.48 bits per heavy atom. The first-order valence-corrected chi connectivity index (χ1v) is 12.8. The number of benzene rings is 2. The zero-order valence-corrected chi connectivity index (χ0v) is 21.7. The Morgan fingerprint density at radius 2 is 1.79 bits per heavy atom. The highest BCUT2D eigenvalue weighted by Crippen LogP contribution is 2.47. The number of hydrogen-bond donors (Lipinski definition) is 0. The first kappa shape index (κ1) is 23.6. The van der Waals surface area contributed by atoms with Gasteiger partial charge in [0.05, 0.1) is 5.41 Å². The molecule has 172 valence electrons. The minimum Gasteiger partial charge on any atom is -0.347 e. The molecule has 4 heteroatoms. The number of para-hydroxylation sites is 1. The van der Waals surface area contributed by atoms with Gasteiger partial charge in [-0.05, 0) is 49.8 Å². The fraction of sp³-hybridized carbons (Fsp3) is 0.379. The molecule has 0 spiro atoms. The second kappa shape index (κ2) is 8.64. The summed E-state index contributed by atoms with van der Waals surface area (Å²) in [5.74, 6) is 0. The fourth-order valence-electron chi connectivity index (χ4n) is 5.42. The van der Waals surface area contributed by atoms with Gasteiger partial charge in [-0.3, -0.25) is 4.79 Å². The molecule has 3 nitrogen and oxygen atoms in total. The minimum absolute atomic E-state index is 0.0243. The molecular weight excluding hydrogens is 424 g/mol. The van der Waals surface area contributed by atoms with Gasteiger partial charge < -0.3 is 4.90 Å². The van der Waals surface area contributed by atoms with Crippen molar-refractivity contribution < 1.29 is 9.37 Å². The van der Waals surface area contributed by atoms with Crippen LogP contribution in [0.25, 0.3) is 0 Å². The van der Waals surface area contributed by atoms with Gasteiger partial charge in [0.25, 0.3) is 0 Å². The van der Waals surface area contributed by atoms with Crippen LogP contribution < -0.4 is 4.90 Å². The van der Waals surface area contributed by atoms with Gasteiger partial charge in [0.1, 0.15) is 7.05 Å². The van der Waals surface area contributed by atoms with Crippen molar-refractivity contribution in [3.05, 3.63) is 83.1 Å². The van der Waals surface area contributed by atoms with Gasteiger partial charge in [0.15, 0.2) is 10.8 Å². The Kier molecular flexibility index (Phi) is 6.17. The van der Waals surface area contributed by atoms with E-state index in [4.69, 9.17) is 0 Å². The van der Waals surface area contributed by atoms with E-state index in [9.17, 15) is 4.79 Å². The standard InChI is InChI=1S/C29H35N2OS/c1-28(2)21-11-8-9-12-23(21)30(5)25(28)13-10-14-26-29(3,4)22-19-20(16-18-27(32)33-7)15-17-24(22)31(26)6/h8-15,17,19H,16,18H2,1-7H3/q+1. The second-order valence-corrected chi connectivity index (χ2v) is 11.0. The monoisotopic (exact) mass is 459 g/mol.